The number of rotatable bonds is 20. The molecule has 5 aromatic rings. The lowest BCUT2D eigenvalue weighted by atomic mass is 10.2. The maximum Gasteiger partial charge on any atom is 0.330 e. The molecule has 0 saturated heterocycles. The van der Waals surface area contributed by atoms with Crippen molar-refractivity contribution in [3.05, 3.63) is 89.7 Å². The number of amides is 1. The average molecular weight is 832 g/mol. The molecule has 0 aliphatic heterocycles. The molecular formula is C35H37N5O13S3. The minimum Gasteiger partial charge on any atom is -0.490 e. The van der Waals surface area contributed by atoms with Crippen LogP contribution in [0, 0.1) is 6.92 Å². The Bertz CT molecular complexity index is 2340. The van der Waals surface area contributed by atoms with Crippen LogP contribution in [0.2, 0.25) is 0 Å². The van der Waals surface area contributed by atoms with Crippen molar-refractivity contribution in [1.29, 1.82) is 0 Å². The molecule has 56 heavy (non-hydrogen) atoms. The normalized spacial score (nSPS) is 12.6. The van der Waals surface area contributed by atoms with E-state index in [2.05, 4.69) is 20.6 Å². The van der Waals surface area contributed by atoms with Crippen LogP contribution in [-0.2, 0) is 73.4 Å². The fourth-order valence-electron chi connectivity index (χ4n) is 4.90. The molecule has 2 aromatic heterocycles. The van der Waals surface area contributed by atoms with E-state index in [1.807, 2.05) is 6.92 Å². The van der Waals surface area contributed by atoms with E-state index in [0.717, 1.165) is 16.9 Å². The van der Waals surface area contributed by atoms with E-state index in [9.17, 15) is 31.2 Å². The van der Waals surface area contributed by atoms with Gasteiger partial charge in [-0.25, -0.2) is 22.9 Å². The maximum absolute atomic E-state index is 12.8. The van der Waals surface area contributed by atoms with Gasteiger partial charge >= 0.3 is 11.9 Å². The third-order valence-corrected chi connectivity index (χ3v) is 10.8. The first-order valence-corrected chi connectivity index (χ1v) is 20.0. The summed E-state index contributed by atoms with van der Waals surface area (Å²) in [4.78, 5) is 41.0. The predicted molar refractivity (Wildman–Crippen MR) is 198 cm³/mol. The number of hydrogen-bond acceptors (Lipinski definition) is 17. The molecule has 0 fully saturated rings. The summed E-state index contributed by atoms with van der Waals surface area (Å²) in [6.07, 6.45) is 0.453. The number of aromatic nitrogens is 4. The molecule has 18 nitrogen and oxygen atoms in total. The Balaban J connectivity index is 1.08. The number of carbonyl (C=O) groups is 3. The summed E-state index contributed by atoms with van der Waals surface area (Å²) in [7, 11) is -5.73. The van der Waals surface area contributed by atoms with Gasteiger partial charge in [0.15, 0.2) is 22.8 Å². The summed E-state index contributed by atoms with van der Waals surface area (Å²) in [5, 5.41) is 10.5. The molecule has 1 unspecified atom stereocenters. The molecule has 0 spiro atoms. The van der Waals surface area contributed by atoms with Gasteiger partial charge in [-0.1, -0.05) is 35.0 Å². The predicted octanol–water partition coefficient (Wildman–Crippen LogP) is 2.34. The lowest BCUT2D eigenvalue weighted by Crippen LogP contribution is -2.45. The van der Waals surface area contributed by atoms with Crippen LogP contribution >= 0.6 is 11.3 Å². The van der Waals surface area contributed by atoms with Crippen LogP contribution in [0.3, 0.4) is 0 Å². The molecule has 0 radical (unpaired) electrons. The highest BCUT2D eigenvalue weighted by Crippen LogP contribution is 2.27. The van der Waals surface area contributed by atoms with Crippen LogP contribution in [-0.4, -0.2) is 93.7 Å². The van der Waals surface area contributed by atoms with Crippen LogP contribution in [0.1, 0.15) is 23.7 Å². The molecular weight excluding hydrogens is 795 g/mol. The minimum atomic E-state index is -4.11. The summed E-state index contributed by atoms with van der Waals surface area (Å²) in [6, 6.07) is 16.6. The van der Waals surface area contributed by atoms with Crippen LogP contribution in [0.4, 0.5) is 0 Å². The molecule has 0 aliphatic rings. The van der Waals surface area contributed by atoms with Gasteiger partial charge in [0.1, 0.15) is 43.6 Å². The summed E-state index contributed by atoms with van der Waals surface area (Å²) < 4.78 is 82.0. The van der Waals surface area contributed by atoms with Gasteiger partial charge in [0.05, 0.1) is 41.6 Å². The number of thiazole rings is 1. The fourth-order valence-corrected chi connectivity index (χ4v) is 7.35. The largest absolute Gasteiger partial charge is 0.490 e. The number of fused-ring (bicyclic) bond motifs is 1. The zero-order chi connectivity index (χ0) is 40.2. The summed E-state index contributed by atoms with van der Waals surface area (Å²) >= 11 is 1.03. The van der Waals surface area contributed by atoms with Crippen LogP contribution in [0.15, 0.2) is 82.2 Å². The van der Waals surface area contributed by atoms with Crippen molar-refractivity contribution in [2.45, 2.75) is 55.0 Å². The molecule has 21 heteroatoms. The van der Waals surface area contributed by atoms with Crippen molar-refractivity contribution >= 4 is 60.2 Å². The number of thiol groups is 1. The number of nitrogens with zero attached hydrogens (tertiary/aromatic N) is 4. The van der Waals surface area contributed by atoms with Gasteiger partial charge in [0.25, 0.3) is 10.1 Å². The molecule has 5 rings (SSSR count). The zero-order valence-corrected chi connectivity index (χ0v) is 32.7. The summed E-state index contributed by atoms with van der Waals surface area (Å²) in [5.41, 5.74) is 2.45. The molecule has 298 valence electrons. The monoisotopic (exact) mass is 831 g/mol. The van der Waals surface area contributed by atoms with E-state index in [0.29, 0.717) is 33.0 Å². The highest BCUT2D eigenvalue weighted by Gasteiger charge is 2.23. The number of aryl methyl sites for hydroxylation is 1. The number of ether oxygens (including phenoxy) is 5. The average Bonchev–Trinajstić information content (AvgIpc) is 3.81. The topological polar surface area (TPSA) is 230 Å². The van der Waals surface area contributed by atoms with E-state index < -0.39 is 57.4 Å². The van der Waals surface area contributed by atoms with Crippen LogP contribution < -0.4 is 14.8 Å². The number of carbonyl (C=O) groups excluding carboxylic acids is 3. The van der Waals surface area contributed by atoms with Gasteiger partial charge < -0.3 is 29.0 Å². The fraction of sp³-hybridized carbons (Fsp3) is 0.314. The Morgan fingerprint density at radius 3 is 2.45 bits per heavy atom. The summed E-state index contributed by atoms with van der Waals surface area (Å²) in [6.45, 7) is 1.81. The number of nitrogens with one attached hydrogen (secondary N) is 1. The van der Waals surface area contributed by atoms with Gasteiger partial charge in [0, 0.05) is 6.92 Å². The molecule has 3 aromatic carbocycles. The van der Waals surface area contributed by atoms with Gasteiger partial charge in [-0.05, 0) is 55.0 Å². The third-order valence-electron chi connectivity index (χ3n) is 7.54. The van der Waals surface area contributed by atoms with E-state index in [1.54, 1.807) is 54.6 Å². The first-order valence-electron chi connectivity index (χ1n) is 16.6. The molecule has 2 heterocycles. The van der Waals surface area contributed by atoms with Crippen molar-refractivity contribution in [2.24, 2.45) is 0 Å². The van der Waals surface area contributed by atoms with Gasteiger partial charge in [0.2, 0.25) is 10.2 Å². The quantitative estimate of drug-likeness (QED) is 0.0651. The highest BCUT2D eigenvalue weighted by molar-refractivity contribution is 7.86. The lowest BCUT2D eigenvalue weighted by molar-refractivity contribution is -0.149. The molecule has 2 atom stereocenters. The second-order valence-corrected chi connectivity index (χ2v) is 15.9. The molecule has 1 amide bonds. The SMILES string of the molecule is COC(=O)[C@H](COCc1cccc(OCC(COS(=O)(=O)c2ccc(C)cc2)OC(C)=O)c1)NC(=O)Cn1cc(COc2ccc3nc([SH](=O)=O)sc3c2)nn1. The van der Waals surface area contributed by atoms with Gasteiger partial charge in [-0.15, -0.1) is 16.4 Å². The molecule has 1 N–H and O–H groups in total. The second-order valence-electron chi connectivity index (χ2n) is 12.0. The zero-order valence-electron chi connectivity index (χ0n) is 30.2. The third kappa shape index (κ3) is 12.3. The first-order chi connectivity index (χ1) is 26.8. The smallest absolute Gasteiger partial charge is 0.330 e. The van der Waals surface area contributed by atoms with Crippen LogP contribution in [0.25, 0.3) is 10.2 Å². The Kier molecular flexibility index (Phi) is 14.4. The van der Waals surface area contributed by atoms with Crippen molar-refractivity contribution in [1.82, 2.24) is 25.3 Å². The summed E-state index contributed by atoms with van der Waals surface area (Å²) in [5.74, 6) is -1.14. The van der Waals surface area contributed by atoms with Gasteiger partial charge in [-0.2, -0.15) is 8.42 Å². The lowest BCUT2D eigenvalue weighted by Gasteiger charge is -2.18. The van der Waals surface area contributed by atoms with E-state index in [1.165, 1.54) is 37.0 Å². The van der Waals surface area contributed by atoms with Crippen molar-refractivity contribution in [3.8, 4) is 11.5 Å². The van der Waals surface area contributed by atoms with E-state index >= 15 is 0 Å². The molecule has 0 saturated carbocycles. The first kappa shape index (κ1) is 41.7. The Hall–Kier alpha value is -5.48. The number of hydrogen-bond donors (Lipinski definition) is 2. The Morgan fingerprint density at radius 2 is 1.71 bits per heavy atom. The minimum absolute atomic E-state index is 0.00792. The van der Waals surface area contributed by atoms with E-state index in [-0.39, 0.29) is 42.2 Å². The Labute approximate surface area is 326 Å². The maximum atomic E-state index is 12.8. The van der Waals surface area contributed by atoms with Crippen molar-refractivity contribution < 1.29 is 59.1 Å². The second kappa shape index (κ2) is 19.4. The van der Waals surface area contributed by atoms with Crippen molar-refractivity contribution in [2.75, 3.05) is 26.9 Å². The molecule has 0 bridgehead atoms. The number of benzene rings is 3. The van der Waals surface area contributed by atoms with Gasteiger partial charge in [-0.3, -0.25) is 13.8 Å². The van der Waals surface area contributed by atoms with Crippen LogP contribution in [0.5, 0.6) is 11.5 Å². The van der Waals surface area contributed by atoms with Crippen molar-refractivity contribution in [3.63, 3.8) is 0 Å². The standard InChI is InChI=1S/C35H37N5O13S3/c1-22-7-10-29(11-8-22)56(46,47)52-20-28(53-23(2)41)19-51-26-6-4-5-24(13-26)17-49-21-31(34(43)48-3)36-33(42)16-40-15-25(38-39-40)18-50-27-9-12-30-32(14-27)54-35(37-30)55(44)45/h4-15,28,31,55H,16-21H2,1-3H3,(H,36,42)/t28?,31-/m0/s1. The number of esters is 2. The number of methoxy groups -OCH3 is 1. The molecule has 0 aliphatic carbocycles. The van der Waals surface area contributed by atoms with E-state index in [4.69, 9.17) is 27.9 Å². The highest BCUT2D eigenvalue weighted by atomic mass is 32.2. The Morgan fingerprint density at radius 1 is 0.946 bits per heavy atom.